The van der Waals surface area contributed by atoms with Crippen LogP contribution in [0.15, 0.2) is 23.0 Å². The molecule has 2 N–H and O–H groups in total. The zero-order valence-corrected chi connectivity index (χ0v) is 10.4. The zero-order valence-electron chi connectivity index (χ0n) is 10.4. The van der Waals surface area contributed by atoms with Gasteiger partial charge < -0.3 is 14.9 Å². The number of rotatable bonds is 5. The van der Waals surface area contributed by atoms with E-state index in [2.05, 4.69) is 20.9 Å². The molecule has 5 heteroatoms. The molecular weight excluding hydrogens is 228 g/mol. The van der Waals surface area contributed by atoms with Crippen molar-refractivity contribution in [3.63, 3.8) is 0 Å². The van der Waals surface area contributed by atoms with Crippen molar-refractivity contribution in [1.82, 2.24) is 14.9 Å². The third kappa shape index (κ3) is 2.99. The van der Waals surface area contributed by atoms with Crippen molar-refractivity contribution >= 4 is 11.0 Å². The number of nitriles is 1. The van der Waals surface area contributed by atoms with Crippen molar-refractivity contribution in [3.8, 4) is 6.07 Å². The van der Waals surface area contributed by atoms with Gasteiger partial charge in [-0.1, -0.05) is 6.07 Å². The number of aromatic amines is 2. The number of benzene rings is 1. The normalized spacial score (nSPS) is 10.9. The lowest BCUT2D eigenvalue weighted by Gasteiger charge is -2.15. The van der Waals surface area contributed by atoms with Gasteiger partial charge in [0, 0.05) is 13.0 Å². The summed E-state index contributed by atoms with van der Waals surface area (Å²) < 4.78 is 0. The van der Waals surface area contributed by atoms with E-state index < -0.39 is 0 Å². The molecule has 0 aliphatic carbocycles. The molecule has 0 aliphatic heterocycles. The van der Waals surface area contributed by atoms with Gasteiger partial charge >= 0.3 is 5.69 Å². The molecular formula is C13H16N4O. The zero-order chi connectivity index (χ0) is 13.0. The molecule has 0 fully saturated rings. The Balaban J connectivity index is 2.03. The quantitative estimate of drug-likeness (QED) is 0.784. The van der Waals surface area contributed by atoms with Gasteiger partial charge in [0.2, 0.25) is 0 Å². The van der Waals surface area contributed by atoms with Gasteiger partial charge in [-0.2, -0.15) is 5.26 Å². The highest BCUT2D eigenvalue weighted by molar-refractivity contribution is 5.74. The van der Waals surface area contributed by atoms with Crippen molar-refractivity contribution in [1.29, 1.82) is 5.26 Å². The van der Waals surface area contributed by atoms with Crippen molar-refractivity contribution in [2.75, 3.05) is 13.6 Å². The van der Waals surface area contributed by atoms with Crippen LogP contribution in [0, 0.1) is 11.3 Å². The Labute approximate surface area is 105 Å². The van der Waals surface area contributed by atoms with Gasteiger partial charge in [-0.3, -0.25) is 0 Å². The number of fused-ring (bicyclic) bond motifs is 1. The fourth-order valence-electron chi connectivity index (χ4n) is 2.00. The number of aromatic nitrogens is 2. The maximum absolute atomic E-state index is 11.1. The number of unbranched alkanes of at least 4 members (excludes halogenated alkanes) is 1. The van der Waals surface area contributed by atoms with Gasteiger partial charge in [0.15, 0.2) is 0 Å². The molecule has 0 amide bonds. The van der Waals surface area contributed by atoms with E-state index in [1.54, 1.807) is 0 Å². The second kappa shape index (κ2) is 5.52. The van der Waals surface area contributed by atoms with Crippen LogP contribution in [-0.4, -0.2) is 28.5 Å². The minimum atomic E-state index is -0.176. The summed E-state index contributed by atoms with van der Waals surface area (Å²) in [5.41, 5.74) is 2.64. The van der Waals surface area contributed by atoms with E-state index in [4.69, 9.17) is 5.26 Å². The van der Waals surface area contributed by atoms with Crippen molar-refractivity contribution < 1.29 is 0 Å². The Bertz CT molecular complexity index is 620. The van der Waals surface area contributed by atoms with Crippen LogP contribution in [0.25, 0.3) is 11.0 Å². The predicted molar refractivity (Wildman–Crippen MR) is 70.1 cm³/mol. The molecule has 1 heterocycles. The second-order valence-corrected chi connectivity index (χ2v) is 4.46. The Kier molecular flexibility index (Phi) is 3.80. The van der Waals surface area contributed by atoms with E-state index >= 15 is 0 Å². The number of nitrogens with one attached hydrogen (secondary N) is 2. The first-order chi connectivity index (χ1) is 8.69. The van der Waals surface area contributed by atoms with Crippen LogP contribution in [0.4, 0.5) is 0 Å². The molecule has 18 heavy (non-hydrogen) atoms. The molecule has 5 nitrogen and oxygen atoms in total. The average Bonchev–Trinajstić information content (AvgIpc) is 2.69. The van der Waals surface area contributed by atoms with E-state index in [0.29, 0.717) is 6.42 Å². The summed E-state index contributed by atoms with van der Waals surface area (Å²) in [6.45, 7) is 1.71. The molecule has 0 atom stereocenters. The maximum atomic E-state index is 11.1. The summed E-state index contributed by atoms with van der Waals surface area (Å²) >= 11 is 0. The summed E-state index contributed by atoms with van der Waals surface area (Å²) in [5.74, 6) is 0. The SMILES string of the molecule is CN(CCCC#N)Cc1ccc2[nH]c(=O)[nH]c2c1. The van der Waals surface area contributed by atoms with Crippen molar-refractivity contribution in [2.24, 2.45) is 0 Å². The molecule has 0 unspecified atom stereocenters. The van der Waals surface area contributed by atoms with Crippen LogP contribution < -0.4 is 5.69 Å². The van der Waals surface area contributed by atoms with Crippen LogP contribution in [0.2, 0.25) is 0 Å². The summed E-state index contributed by atoms with van der Waals surface area (Å²) in [5, 5.41) is 8.48. The first-order valence-corrected chi connectivity index (χ1v) is 5.95. The van der Waals surface area contributed by atoms with Gasteiger partial charge in [0.1, 0.15) is 0 Å². The number of imidazole rings is 1. The lowest BCUT2D eigenvalue weighted by Crippen LogP contribution is -2.18. The highest BCUT2D eigenvalue weighted by atomic mass is 16.1. The van der Waals surface area contributed by atoms with Crippen LogP contribution in [0.3, 0.4) is 0 Å². The van der Waals surface area contributed by atoms with Crippen molar-refractivity contribution in [3.05, 3.63) is 34.2 Å². The molecule has 0 aliphatic rings. The molecule has 2 aromatic rings. The molecule has 94 valence electrons. The Morgan fingerprint density at radius 1 is 1.33 bits per heavy atom. The highest BCUT2D eigenvalue weighted by Crippen LogP contribution is 2.11. The molecule has 0 saturated carbocycles. The largest absolute Gasteiger partial charge is 0.323 e. The maximum Gasteiger partial charge on any atom is 0.323 e. The number of H-pyrrole nitrogens is 2. The Hall–Kier alpha value is -2.06. The van der Waals surface area contributed by atoms with Crippen molar-refractivity contribution in [2.45, 2.75) is 19.4 Å². The van der Waals surface area contributed by atoms with Gasteiger partial charge in [0.05, 0.1) is 17.1 Å². The van der Waals surface area contributed by atoms with Crippen LogP contribution in [0.1, 0.15) is 18.4 Å². The molecule has 2 rings (SSSR count). The topological polar surface area (TPSA) is 75.7 Å². The first-order valence-electron chi connectivity index (χ1n) is 5.95. The second-order valence-electron chi connectivity index (χ2n) is 4.46. The molecule has 0 bridgehead atoms. The first kappa shape index (κ1) is 12.4. The summed E-state index contributed by atoms with van der Waals surface area (Å²) in [7, 11) is 2.03. The van der Waals surface area contributed by atoms with Gasteiger partial charge in [-0.05, 0) is 37.7 Å². The number of nitrogens with zero attached hydrogens (tertiary/aromatic N) is 2. The monoisotopic (exact) mass is 244 g/mol. The fourth-order valence-corrected chi connectivity index (χ4v) is 2.00. The molecule has 0 spiro atoms. The van der Waals surface area contributed by atoms with E-state index in [0.717, 1.165) is 36.1 Å². The van der Waals surface area contributed by atoms with E-state index in [-0.39, 0.29) is 5.69 Å². The number of hydrogen-bond acceptors (Lipinski definition) is 3. The average molecular weight is 244 g/mol. The predicted octanol–water partition coefficient (Wildman–Crippen LogP) is 1.59. The molecule has 0 saturated heterocycles. The fraction of sp³-hybridized carbons (Fsp3) is 0.385. The Morgan fingerprint density at radius 3 is 2.89 bits per heavy atom. The third-order valence-electron chi connectivity index (χ3n) is 2.86. The molecule has 1 aromatic carbocycles. The van der Waals surface area contributed by atoms with Gasteiger partial charge in [0.25, 0.3) is 0 Å². The highest BCUT2D eigenvalue weighted by Gasteiger charge is 2.03. The van der Waals surface area contributed by atoms with E-state index in [9.17, 15) is 4.79 Å². The van der Waals surface area contributed by atoms with Gasteiger partial charge in [-0.15, -0.1) is 0 Å². The van der Waals surface area contributed by atoms with Crippen LogP contribution >= 0.6 is 0 Å². The van der Waals surface area contributed by atoms with Crippen LogP contribution in [-0.2, 0) is 6.54 Å². The van der Waals surface area contributed by atoms with Gasteiger partial charge in [-0.25, -0.2) is 4.79 Å². The lowest BCUT2D eigenvalue weighted by atomic mass is 10.2. The van der Waals surface area contributed by atoms with Crippen LogP contribution in [0.5, 0.6) is 0 Å². The summed E-state index contributed by atoms with van der Waals surface area (Å²) in [6, 6.07) is 8.04. The smallest absolute Gasteiger partial charge is 0.306 e. The lowest BCUT2D eigenvalue weighted by molar-refractivity contribution is 0.324. The minimum Gasteiger partial charge on any atom is -0.306 e. The standard InChI is InChI=1S/C13H16N4O/c1-17(7-3-2-6-14)9-10-4-5-11-12(8-10)16-13(18)15-11/h4-5,8H,2-3,7,9H2,1H3,(H2,15,16,18). The molecule has 1 aromatic heterocycles. The number of hydrogen-bond donors (Lipinski definition) is 2. The van der Waals surface area contributed by atoms with E-state index in [1.165, 1.54) is 0 Å². The summed E-state index contributed by atoms with van der Waals surface area (Å²) in [6.07, 6.45) is 1.48. The molecule has 0 radical (unpaired) electrons. The Morgan fingerprint density at radius 2 is 2.11 bits per heavy atom. The van der Waals surface area contributed by atoms with E-state index in [1.807, 2.05) is 25.2 Å². The summed E-state index contributed by atoms with van der Waals surface area (Å²) in [4.78, 5) is 18.8. The third-order valence-corrected chi connectivity index (χ3v) is 2.86. The minimum absolute atomic E-state index is 0.176.